The molecule has 0 bridgehead atoms. The van der Waals surface area contributed by atoms with Crippen LogP contribution in [-0.4, -0.2) is 43.9 Å². The molecule has 0 saturated carbocycles. The van der Waals surface area contributed by atoms with Gasteiger partial charge in [0.2, 0.25) is 10.0 Å². The number of sulfonamides is 1. The van der Waals surface area contributed by atoms with Crippen molar-refractivity contribution in [1.82, 2.24) is 4.90 Å². The molecule has 1 fully saturated rings. The molecule has 0 unspecified atom stereocenters. The first-order valence-electron chi connectivity index (χ1n) is 6.21. The third kappa shape index (κ3) is 5.64. The molecular formula is C12H19IN4O2S2. The van der Waals surface area contributed by atoms with Gasteiger partial charge in [-0.1, -0.05) is 12.1 Å². The van der Waals surface area contributed by atoms with E-state index in [1.54, 1.807) is 12.1 Å². The van der Waals surface area contributed by atoms with E-state index in [0.29, 0.717) is 12.5 Å². The summed E-state index contributed by atoms with van der Waals surface area (Å²) in [5.41, 5.74) is 6.84. The number of benzene rings is 1. The highest BCUT2D eigenvalue weighted by atomic mass is 127. The predicted molar refractivity (Wildman–Crippen MR) is 97.5 cm³/mol. The highest BCUT2D eigenvalue weighted by Gasteiger charge is 2.12. The minimum Gasteiger partial charge on any atom is -0.370 e. The average Bonchev–Trinajstić information content (AvgIpc) is 2.45. The van der Waals surface area contributed by atoms with Gasteiger partial charge in [-0.3, -0.25) is 0 Å². The van der Waals surface area contributed by atoms with Crippen LogP contribution in [0.1, 0.15) is 5.56 Å². The van der Waals surface area contributed by atoms with Crippen LogP contribution < -0.4 is 10.9 Å². The van der Waals surface area contributed by atoms with Crippen molar-refractivity contribution in [3.63, 3.8) is 0 Å². The monoisotopic (exact) mass is 442 g/mol. The number of hydrogen-bond acceptors (Lipinski definition) is 4. The average molecular weight is 442 g/mol. The van der Waals surface area contributed by atoms with Crippen molar-refractivity contribution in [1.29, 1.82) is 0 Å². The van der Waals surface area contributed by atoms with E-state index in [0.717, 1.165) is 30.2 Å². The van der Waals surface area contributed by atoms with Crippen molar-refractivity contribution in [2.45, 2.75) is 11.4 Å². The molecular weight excluding hydrogens is 423 g/mol. The quantitative estimate of drug-likeness (QED) is 0.410. The van der Waals surface area contributed by atoms with Gasteiger partial charge in [-0.25, -0.2) is 18.5 Å². The molecule has 0 aromatic heterocycles. The van der Waals surface area contributed by atoms with Crippen molar-refractivity contribution in [2.24, 2.45) is 15.9 Å². The van der Waals surface area contributed by atoms with Crippen molar-refractivity contribution < 1.29 is 8.42 Å². The Morgan fingerprint density at radius 1 is 1.24 bits per heavy atom. The van der Waals surface area contributed by atoms with Gasteiger partial charge in [0.25, 0.3) is 0 Å². The summed E-state index contributed by atoms with van der Waals surface area (Å²) in [4.78, 5) is 6.51. The van der Waals surface area contributed by atoms with Crippen LogP contribution in [0.25, 0.3) is 0 Å². The van der Waals surface area contributed by atoms with Gasteiger partial charge in [0.05, 0.1) is 11.4 Å². The Morgan fingerprint density at radius 3 is 2.33 bits per heavy atom. The summed E-state index contributed by atoms with van der Waals surface area (Å²) < 4.78 is 22.3. The fourth-order valence-electron chi connectivity index (χ4n) is 1.85. The normalized spacial score (nSPS) is 16.4. The molecule has 21 heavy (non-hydrogen) atoms. The van der Waals surface area contributed by atoms with Crippen LogP contribution >= 0.6 is 35.7 Å². The summed E-state index contributed by atoms with van der Waals surface area (Å²) in [5, 5.41) is 5.04. The first-order chi connectivity index (χ1) is 9.47. The largest absolute Gasteiger partial charge is 0.370 e. The summed E-state index contributed by atoms with van der Waals surface area (Å²) in [5.74, 6) is 2.68. The van der Waals surface area contributed by atoms with E-state index in [1.165, 1.54) is 12.1 Å². The molecule has 0 aliphatic carbocycles. The van der Waals surface area contributed by atoms with E-state index in [4.69, 9.17) is 10.9 Å². The number of primary sulfonamides is 1. The third-order valence-corrected chi connectivity index (χ3v) is 4.88. The molecule has 1 aliphatic rings. The Morgan fingerprint density at radius 2 is 1.81 bits per heavy atom. The van der Waals surface area contributed by atoms with Crippen LogP contribution in [-0.2, 0) is 16.6 Å². The number of rotatable bonds is 3. The Kier molecular flexibility index (Phi) is 7.24. The number of halogens is 1. The van der Waals surface area contributed by atoms with Gasteiger partial charge in [-0.05, 0) is 17.7 Å². The third-order valence-electron chi connectivity index (χ3n) is 3.01. The zero-order valence-electron chi connectivity index (χ0n) is 11.4. The van der Waals surface area contributed by atoms with Crippen LogP contribution in [0.4, 0.5) is 0 Å². The lowest BCUT2D eigenvalue weighted by atomic mass is 10.2. The summed E-state index contributed by atoms with van der Waals surface area (Å²) in [6, 6.07) is 6.35. The molecule has 118 valence electrons. The van der Waals surface area contributed by atoms with Crippen LogP contribution in [0, 0.1) is 0 Å². The molecule has 4 N–H and O–H groups in total. The number of nitrogens with two attached hydrogens (primary N) is 2. The van der Waals surface area contributed by atoms with Crippen LogP contribution in [0.2, 0.25) is 0 Å². The number of thioether (sulfide) groups is 1. The molecule has 6 nitrogen and oxygen atoms in total. The molecule has 0 spiro atoms. The van der Waals surface area contributed by atoms with Gasteiger partial charge in [0, 0.05) is 24.6 Å². The summed E-state index contributed by atoms with van der Waals surface area (Å²) in [7, 11) is -3.64. The van der Waals surface area contributed by atoms with Crippen molar-refractivity contribution in [2.75, 3.05) is 24.6 Å². The number of aliphatic imine (C=N–C) groups is 1. The minimum atomic E-state index is -3.64. The topological polar surface area (TPSA) is 102 Å². The highest BCUT2D eigenvalue weighted by molar-refractivity contribution is 14.0. The molecule has 1 saturated heterocycles. The standard InChI is InChI=1S/C12H18N4O2S2.HI/c13-12(16-5-7-19-8-6-16)15-9-10-1-3-11(4-2-10)20(14,17)18;/h1-4H,5-9H2,(H2,13,15)(H2,14,17,18);1H. The minimum absolute atomic E-state index is 0. The van der Waals surface area contributed by atoms with E-state index < -0.39 is 10.0 Å². The molecule has 1 aromatic carbocycles. The van der Waals surface area contributed by atoms with Crippen molar-refractivity contribution in [3.8, 4) is 0 Å². The van der Waals surface area contributed by atoms with Crippen molar-refractivity contribution in [3.05, 3.63) is 29.8 Å². The molecule has 0 amide bonds. The van der Waals surface area contributed by atoms with E-state index in [-0.39, 0.29) is 28.9 Å². The maximum Gasteiger partial charge on any atom is 0.238 e. The zero-order valence-corrected chi connectivity index (χ0v) is 15.4. The highest BCUT2D eigenvalue weighted by Crippen LogP contribution is 2.11. The molecule has 0 atom stereocenters. The Hall–Kier alpha value is -0.520. The maximum atomic E-state index is 11.1. The predicted octanol–water partition coefficient (Wildman–Crippen LogP) is 0.815. The second-order valence-electron chi connectivity index (χ2n) is 4.46. The molecule has 9 heteroatoms. The van der Waals surface area contributed by atoms with Gasteiger partial charge in [0.15, 0.2) is 5.96 Å². The summed E-state index contributed by atoms with van der Waals surface area (Å²) in [6.45, 7) is 2.27. The second-order valence-corrected chi connectivity index (χ2v) is 7.25. The fraction of sp³-hybridized carbons (Fsp3) is 0.417. The summed E-state index contributed by atoms with van der Waals surface area (Å²) in [6.07, 6.45) is 0. The van der Waals surface area contributed by atoms with E-state index in [9.17, 15) is 8.42 Å². The van der Waals surface area contributed by atoms with Gasteiger partial charge in [-0.2, -0.15) is 11.8 Å². The molecule has 1 aliphatic heterocycles. The van der Waals surface area contributed by atoms with Gasteiger partial charge < -0.3 is 10.6 Å². The lowest BCUT2D eigenvalue weighted by Crippen LogP contribution is -2.42. The Balaban J connectivity index is 0.00000220. The summed E-state index contributed by atoms with van der Waals surface area (Å²) >= 11 is 1.91. The van der Waals surface area contributed by atoms with E-state index in [1.807, 2.05) is 11.8 Å². The van der Waals surface area contributed by atoms with Crippen LogP contribution in [0.15, 0.2) is 34.2 Å². The zero-order chi connectivity index (χ0) is 14.6. The Labute approximate surface area is 146 Å². The van der Waals surface area contributed by atoms with Gasteiger partial charge in [-0.15, -0.1) is 24.0 Å². The lowest BCUT2D eigenvalue weighted by molar-refractivity contribution is 0.455. The number of guanidine groups is 1. The van der Waals surface area contributed by atoms with Crippen LogP contribution in [0.3, 0.4) is 0 Å². The van der Waals surface area contributed by atoms with E-state index >= 15 is 0 Å². The molecule has 1 aromatic rings. The van der Waals surface area contributed by atoms with Gasteiger partial charge in [0.1, 0.15) is 0 Å². The van der Waals surface area contributed by atoms with Gasteiger partial charge >= 0.3 is 0 Å². The number of nitrogens with zero attached hydrogens (tertiary/aromatic N) is 2. The molecule has 2 rings (SSSR count). The Bertz CT molecular complexity index is 584. The lowest BCUT2D eigenvalue weighted by Gasteiger charge is -2.27. The SMILES string of the molecule is I.NC(=NCc1ccc(S(N)(=O)=O)cc1)N1CCSCC1. The molecule has 1 heterocycles. The molecule has 0 radical (unpaired) electrons. The smallest absolute Gasteiger partial charge is 0.238 e. The fourth-order valence-corrected chi connectivity index (χ4v) is 3.27. The first kappa shape index (κ1) is 18.5. The van der Waals surface area contributed by atoms with Crippen molar-refractivity contribution >= 4 is 51.7 Å². The first-order valence-corrected chi connectivity index (χ1v) is 8.91. The van der Waals surface area contributed by atoms with E-state index in [2.05, 4.69) is 9.89 Å². The number of hydrogen-bond donors (Lipinski definition) is 2. The second kappa shape index (κ2) is 8.20. The maximum absolute atomic E-state index is 11.1. The van der Waals surface area contributed by atoms with Crippen LogP contribution in [0.5, 0.6) is 0 Å².